The van der Waals surface area contributed by atoms with Crippen LogP contribution in [-0.2, 0) is 32.7 Å². The molecule has 10 heteroatoms. The first-order valence-corrected chi connectivity index (χ1v) is 26.0. The van der Waals surface area contributed by atoms with Gasteiger partial charge < -0.3 is 20.1 Å². The second kappa shape index (κ2) is 45.7. The fraction of sp³-hybridized carbons (Fsp3) is 0.837. The van der Waals surface area contributed by atoms with E-state index >= 15 is 0 Å². The highest BCUT2D eigenvalue weighted by atomic mass is 31.2. The van der Waals surface area contributed by atoms with Crippen LogP contribution in [0.5, 0.6) is 0 Å². The van der Waals surface area contributed by atoms with Crippen LogP contribution < -0.4 is 5.73 Å². The van der Waals surface area contributed by atoms with Crippen molar-refractivity contribution in [1.82, 2.24) is 0 Å². The molecule has 0 rings (SSSR count). The molecule has 0 heterocycles. The van der Waals surface area contributed by atoms with Crippen LogP contribution in [0, 0.1) is 0 Å². The summed E-state index contributed by atoms with van der Waals surface area (Å²) >= 11 is 0. The zero-order chi connectivity index (χ0) is 43.2. The monoisotopic (exact) mass is 854 g/mol. The van der Waals surface area contributed by atoms with Gasteiger partial charge in [-0.05, 0) is 51.4 Å². The molecule has 1 unspecified atom stereocenters. The summed E-state index contributed by atoms with van der Waals surface area (Å²) in [5.41, 5.74) is 5.36. The van der Waals surface area contributed by atoms with Crippen LogP contribution in [0.4, 0.5) is 0 Å². The number of allylic oxidation sites excluding steroid dienone is 6. The minimum Gasteiger partial charge on any atom is -0.462 e. The fourth-order valence-corrected chi connectivity index (χ4v) is 7.64. The molecule has 2 atom stereocenters. The molecule has 346 valence electrons. The summed E-state index contributed by atoms with van der Waals surface area (Å²) in [6.07, 6.45) is 51.8. The lowest BCUT2D eigenvalue weighted by atomic mass is 10.0. The van der Waals surface area contributed by atoms with Gasteiger partial charge in [0, 0.05) is 19.4 Å². The van der Waals surface area contributed by atoms with Crippen LogP contribution in [0.3, 0.4) is 0 Å². The van der Waals surface area contributed by atoms with Crippen LogP contribution in [0.2, 0.25) is 0 Å². The van der Waals surface area contributed by atoms with E-state index in [9.17, 15) is 19.0 Å². The van der Waals surface area contributed by atoms with E-state index < -0.39 is 32.5 Å². The summed E-state index contributed by atoms with van der Waals surface area (Å²) in [6, 6.07) is 0. The third-order valence-electron chi connectivity index (χ3n) is 10.5. The number of hydrogen-bond donors (Lipinski definition) is 2. The topological polar surface area (TPSA) is 134 Å². The van der Waals surface area contributed by atoms with Crippen molar-refractivity contribution in [3.8, 4) is 0 Å². The Bertz CT molecular complexity index is 1060. The summed E-state index contributed by atoms with van der Waals surface area (Å²) in [7, 11) is -4.38. The minimum absolute atomic E-state index is 0.0509. The van der Waals surface area contributed by atoms with Crippen molar-refractivity contribution in [1.29, 1.82) is 0 Å². The van der Waals surface area contributed by atoms with Crippen molar-refractivity contribution in [2.24, 2.45) is 5.73 Å². The van der Waals surface area contributed by atoms with Gasteiger partial charge >= 0.3 is 19.8 Å². The van der Waals surface area contributed by atoms with E-state index in [1.807, 2.05) is 0 Å². The van der Waals surface area contributed by atoms with Gasteiger partial charge in [0.2, 0.25) is 0 Å². The van der Waals surface area contributed by atoms with Crippen molar-refractivity contribution in [2.45, 2.75) is 238 Å². The second-order valence-electron chi connectivity index (χ2n) is 16.3. The predicted molar refractivity (Wildman–Crippen MR) is 247 cm³/mol. The minimum atomic E-state index is -4.38. The SMILES string of the molecule is CCCCC/C=C\C/C=C\C/C=C\CCCCCCC(=O)OC[C@H](COP(=O)(O)OCCN)OC(=O)CCCCCCCCCCCCCCCCCCCCCCC. The molecular formula is C49H92NO8P. The maximum atomic E-state index is 12.6. The Balaban J connectivity index is 4.08. The van der Waals surface area contributed by atoms with Gasteiger partial charge in [-0.2, -0.15) is 0 Å². The van der Waals surface area contributed by atoms with Crippen molar-refractivity contribution in [3.63, 3.8) is 0 Å². The molecule has 0 aromatic carbocycles. The molecule has 3 N–H and O–H groups in total. The molecule has 0 aliphatic heterocycles. The Morgan fingerprint density at radius 1 is 0.508 bits per heavy atom. The highest BCUT2D eigenvalue weighted by Crippen LogP contribution is 2.43. The smallest absolute Gasteiger partial charge is 0.462 e. The van der Waals surface area contributed by atoms with E-state index in [4.69, 9.17) is 24.3 Å². The van der Waals surface area contributed by atoms with E-state index in [1.165, 1.54) is 141 Å². The Morgan fingerprint density at radius 2 is 0.881 bits per heavy atom. The van der Waals surface area contributed by atoms with Gasteiger partial charge in [0.25, 0.3) is 0 Å². The molecule has 0 aliphatic rings. The predicted octanol–water partition coefficient (Wildman–Crippen LogP) is 14.5. The number of carbonyl (C=O) groups is 2. The normalized spacial score (nSPS) is 13.5. The molecule has 59 heavy (non-hydrogen) atoms. The summed E-state index contributed by atoms with van der Waals surface area (Å²) in [5, 5.41) is 0. The quantitative estimate of drug-likeness (QED) is 0.0265. The molecule has 0 bridgehead atoms. The Morgan fingerprint density at radius 3 is 1.34 bits per heavy atom. The van der Waals surface area contributed by atoms with Crippen LogP contribution in [0.15, 0.2) is 36.5 Å². The van der Waals surface area contributed by atoms with Gasteiger partial charge in [-0.1, -0.05) is 204 Å². The number of phosphoric ester groups is 1. The highest BCUT2D eigenvalue weighted by Gasteiger charge is 2.26. The van der Waals surface area contributed by atoms with Gasteiger partial charge in [0.05, 0.1) is 13.2 Å². The van der Waals surface area contributed by atoms with Gasteiger partial charge in [0.1, 0.15) is 6.61 Å². The number of phosphoric acid groups is 1. The van der Waals surface area contributed by atoms with Crippen molar-refractivity contribution in [2.75, 3.05) is 26.4 Å². The Kier molecular flexibility index (Phi) is 44.4. The molecule has 0 aromatic rings. The number of carbonyl (C=O) groups excluding carboxylic acids is 2. The fourth-order valence-electron chi connectivity index (χ4n) is 6.88. The lowest BCUT2D eigenvalue weighted by Gasteiger charge is -2.19. The molecule has 0 saturated heterocycles. The van der Waals surface area contributed by atoms with Gasteiger partial charge in [-0.3, -0.25) is 18.6 Å². The Hall–Kier alpha value is -1.77. The zero-order valence-corrected chi connectivity index (χ0v) is 39.1. The standard InChI is InChI=1S/C49H92NO8P/c1-3-5-7-9-11-13-15-17-19-21-22-23-24-26-28-30-32-34-36-38-40-42-49(52)58-47(46-57-59(53,54)56-44-43-50)45-55-48(51)41-39-37-35-33-31-29-27-25-20-18-16-14-12-10-8-6-4-2/h12,14,18,20,27,29,47H,3-11,13,15-17,19,21-26,28,30-46,50H2,1-2H3,(H,53,54)/b14-12-,20-18-,29-27-/t47-/m1/s1. The van der Waals surface area contributed by atoms with Crippen molar-refractivity contribution >= 4 is 19.8 Å². The third-order valence-corrected chi connectivity index (χ3v) is 11.5. The van der Waals surface area contributed by atoms with Crippen molar-refractivity contribution in [3.05, 3.63) is 36.5 Å². The summed E-state index contributed by atoms with van der Waals surface area (Å²) < 4.78 is 32.9. The summed E-state index contributed by atoms with van der Waals surface area (Å²) in [5.74, 6) is -0.845. The van der Waals surface area contributed by atoms with Gasteiger partial charge in [0.15, 0.2) is 6.10 Å². The maximum absolute atomic E-state index is 12.6. The second-order valence-corrected chi connectivity index (χ2v) is 17.8. The average Bonchev–Trinajstić information content (AvgIpc) is 3.22. The van der Waals surface area contributed by atoms with E-state index in [0.29, 0.717) is 12.8 Å². The number of ether oxygens (including phenoxy) is 2. The molecule has 0 saturated carbocycles. The molecule has 0 radical (unpaired) electrons. The largest absolute Gasteiger partial charge is 0.472 e. The van der Waals surface area contributed by atoms with Crippen LogP contribution in [0.1, 0.15) is 232 Å². The van der Waals surface area contributed by atoms with Crippen LogP contribution >= 0.6 is 7.82 Å². The molecule has 0 fully saturated rings. The van der Waals surface area contributed by atoms with Crippen LogP contribution in [0.25, 0.3) is 0 Å². The van der Waals surface area contributed by atoms with E-state index in [-0.39, 0.29) is 32.6 Å². The molecular weight excluding hydrogens is 762 g/mol. The Labute approximate surface area is 363 Å². The number of hydrogen-bond acceptors (Lipinski definition) is 8. The van der Waals surface area contributed by atoms with Crippen molar-refractivity contribution < 1.29 is 37.6 Å². The molecule has 0 aromatic heterocycles. The number of esters is 2. The zero-order valence-electron chi connectivity index (χ0n) is 38.2. The molecule has 0 aliphatic carbocycles. The lowest BCUT2D eigenvalue weighted by molar-refractivity contribution is -0.161. The highest BCUT2D eigenvalue weighted by molar-refractivity contribution is 7.47. The first-order valence-electron chi connectivity index (χ1n) is 24.5. The summed E-state index contributed by atoms with van der Waals surface area (Å²) in [6.45, 7) is 3.71. The van der Waals surface area contributed by atoms with Gasteiger partial charge in [-0.25, -0.2) is 4.57 Å². The first-order chi connectivity index (χ1) is 28.8. The van der Waals surface area contributed by atoms with E-state index in [0.717, 1.165) is 51.4 Å². The third kappa shape index (κ3) is 45.6. The number of unbranched alkanes of at least 4 members (excludes halogenated alkanes) is 27. The van der Waals surface area contributed by atoms with E-state index in [1.54, 1.807) is 0 Å². The van der Waals surface area contributed by atoms with Gasteiger partial charge in [-0.15, -0.1) is 0 Å². The molecule has 0 spiro atoms. The molecule has 9 nitrogen and oxygen atoms in total. The van der Waals surface area contributed by atoms with E-state index in [2.05, 4.69) is 50.3 Å². The average molecular weight is 854 g/mol. The lowest BCUT2D eigenvalue weighted by Crippen LogP contribution is -2.29. The van der Waals surface area contributed by atoms with Crippen LogP contribution in [-0.4, -0.2) is 49.3 Å². The number of nitrogens with two attached hydrogens (primary N) is 1. The summed E-state index contributed by atoms with van der Waals surface area (Å²) in [4.78, 5) is 35.0. The maximum Gasteiger partial charge on any atom is 0.472 e. The number of rotatable bonds is 46. The molecule has 0 amide bonds. The first kappa shape index (κ1) is 57.2.